The molecule has 4 nitrogen and oxygen atoms in total. The van der Waals surface area contributed by atoms with Crippen LogP contribution in [-0.4, -0.2) is 16.5 Å². The third-order valence-corrected chi connectivity index (χ3v) is 3.56. The molecule has 0 saturated heterocycles. The normalized spacial score (nSPS) is 10.8. The molecule has 2 aromatic carbocycles. The molecule has 106 valence electrons. The maximum Gasteiger partial charge on any atom is 0.144 e. The quantitative estimate of drug-likeness (QED) is 0.742. The first-order valence-electron chi connectivity index (χ1n) is 7.03. The molecular formula is C17H18N4. The van der Waals surface area contributed by atoms with E-state index in [0.29, 0.717) is 0 Å². The highest BCUT2D eigenvalue weighted by molar-refractivity contribution is 5.93. The largest absolute Gasteiger partial charge is 0.399 e. The Bertz CT molecular complexity index is 765. The van der Waals surface area contributed by atoms with E-state index in [1.54, 1.807) is 6.33 Å². The fraction of sp³-hybridized carbons (Fsp3) is 0.176. The summed E-state index contributed by atoms with van der Waals surface area (Å²) in [5.41, 5.74) is 9.90. The number of benzene rings is 2. The van der Waals surface area contributed by atoms with Gasteiger partial charge in [0.05, 0.1) is 5.52 Å². The number of hydrogen-bond acceptors (Lipinski definition) is 4. The molecule has 1 heterocycles. The molecule has 0 radical (unpaired) electrons. The molecule has 0 fully saturated rings. The summed E-state index contributed by atoms with van der Waals surface area (Å²) in [6.45, 7) is 5.02. The molecular weight excluding hydrogens is 260 g/mol. The minimum atomic E-state index is 0.721. The number of nitrogens with zero attached hydrogens (tertiary/aromatic N) is 3. The van der Waals surface area contributed by atoms with Gasteiger partial charge in [-0.1, -0.05) is 17.7 Å². The smallest absolute Gasteiger partial charge is 0.144 e. The predicted octanol–water partition coefficient (Wildman–Crippen LogP) is 3.68. The van der Waals surface area contributed by atoms with Crippen LogP contribution in [0, 0.1) is 6.92 Å². The summed E-state index contributed by atoms with van der Waals surface area (Å²) in [6, 6.07) is 14.2. The Morgan fingerprint density at radius 1 is 1.05 bits per heavy atom. The number of nitrogens with two attached hydrogens (primary N) is 1. The maximum absolute atomic E-state index is 5.92. The Kier molecular flexibility index (Phi) is 3.44. The molecule has 2 N–H and O–H groups in total. The molecule has 1 aromatic heterocycles. The van der Waals surface area contributed by atoms with E-state index in [9.17, 15) is 0 Å². The summed E-state index contributed by atoms with van der Waals surface area (Å²) in [6.07, 6.45) is 1.60. The lowest BCUT2D eigenvalue weighted by Gasteiger charge is -2.23. The zero-order valence-corrected chi connectivity index (χ0v) is 12.2. The number of rotatable bonds is 3. The van der Waals surface area contributed by atoms with Gasteiger partial charge in [0.1, 0.15) is 12.1 Å². The van der Waals surface area contributed by atoms with Crippen LogP contribution < -0.4 is 10.6 Å². The van der Waals surface area contributed by atoms with E-state index in [1.807, 2.05) is 18.2 Å². The molecule has 3 rings (SSSR count). The molecule has 21 heavy (non-hydrogen) atoms. The topological polar surface area (TPSA) is 55.0 Å². The number of hydrogen-bond donors (Lipinski definition) is 1. The fourth-order valence-electron chi connectivity index (χ4n) is 2.46. The van der Waals surface area contributed by atoms with Gasteiger partial charge in [-0.25, -0.2) is 9.97 Å². The molecule has 4 heteroatoms. The monoisotopic (exact) mass is 278 g/mol. The standard InChI is InChI=1S/C17H18N4/c1-3-21(14-7-4-12(2)5-8-14)17-15-10-13(18)6-9-16(15)19-11-20-17/h4-11H,3,18H2,1-2H3. The molecule has 0 unspecified atom stereocenters. The van der Waals surface area contributed by atoms with Crippen LogP contribution in [0.2, 0.25) is 0 Å². The van der Waals surface area contributed by atoms with Crippen molar-refractivity contribution in [2.45, 2.75) is 13.8 Å². The summed E-state index contributed by atoms with van der Waals surface area (Å²) in [5, 5.41) is 0.972. The second-order valence-corrected chi connectivity index (χ2v) is 5.05. The molecule has 0 saturated carbocycles. The molecule has 0 spiro atoms. The second kappa shape index (κ2) is 5.40. The van der Waals surface area contributed by atoms with E-state index in [-0.39, 0.29) is 0 Å². The lowest BCUT2D eigenvalue weighted by atomic mass is 10.1. The van der Waals surface area contributed by atoms with Gasteiger partial charge < -0.3 is 10.6 Å². The van der Waals surface area contributed by atoms with Crippen LogP contribution in [0.25, 0.3) is 10.9 Å². The number of aromatic nitrogens is 2. The van der Waals surface area contributed by atoms with Crippen molar-refractivity contribution in [2.24, 2.45) is 0 Å². The molecule has 0 aliphatic rings. The highest BCUT2D eigenvalue weighted by atomic mass is 15.2. The van der Waals surface area contributed by atoms with Gasteiger partial charge in [-0.3, -0.25) is 0 Å². The SMILES string of the molecule is CCN(c1ccc(C)cc1)c1ncnc2ccc(N)cc12. The summed E-state index contributed by atoms with van der Waals surface area (Å²) < 4.78 is 0. The maximum atomic E-state index is 5.92. The van der Waals surface area contributed by atoms with Gasteiger partial charge in [0, 0.05) is 23.3 Å². The Labute approximate surface area is 124 Å². The Balaban J connectivity index is 2.16. The van der Waals surface area contributed by atoms with E-state index < -0.39 is 0 Å². The number of aryl methyl sites for hydroxylation is 1. The molecule has 3 aromatic rings. The van der Waals surface area contributed by atoms with Crippen LogP contribution in [0.4, 0.5) is 17.2 Å². The molecule has 0 atom stereocenters. The average molecular weight is 278 g/mol. The van der Waals surface area contributed by atoms with Crippen molar-refractivity contribution in [1.82, 2.24) is 9.97 Å². The van der Waals surface area contributed by atoms with Crippen molar-refractivity contribution in [3.63, 3.8) is 0 Å². The Morgan fingerprint density at radius 2 is 1.81 bits per heavy atom. The lowest BCUT2D eigenvalue weighted by Crippen LogP contribution is -2.18. The van der Waals surface area contributed by atoms with Gasteiger partial charge in [-0.05, 0) is 44.2 Å². The molecule has 0 aliphatic carbocycles. The van der Waals surface area contributed by atoms with Crippen LogP contribution in [0.15, 0.2) is 48.8 Å². The first-order valence-corrected chi connectivity index (χ1v) is 7.03. The van der Waals surface area contributed by atoms with Crippen molar-refractivity contribution in [3.8, 4) is 0 Å². The summed E-state index contributed by atoms with van der Waals surface area (Å²) in [5.74, 6) is 0.888. The van der Waals surface area contributed by atoms with Crippen LogP contribution in [0.5, 0.6) is 0 Å². The minimum Gasteiger partial charge on any atom is -0.399 e. The first-order chi connectivity index (χ1) is 10.2. The highest BCUT2D eigenvalue weighted by Crippen LogP contribution is 2.30. The van der Waals surface area contributed by atoms with Crippen molar-refractivity contribution in [1.29, 1.82) is 0 Å². The van der Waals surface area contributed by atoms with Crippen molar-refractivity contribution < 1.29 is 0 Å². The fourth-order valence-corrected chi connectivity index (χ4v) is 2.46. The van der Waals surface area contributed by atoms with E-state index in [1.165, 1.54) is 5.56 Å². The zero-order chi connectivity index (χ0) is 14.8. The van der Waals surface area contributed by atoms with Crippen LogP contribution in [-0.2, 0) is 0 Å². The molecule has 0 aliphatic heterocycles. The highest BCUT2D eigenvalue weighted by Gasteiger charge is 2.13. The lowest BCUT2D eigenvalue weighted by molar-refractivity contribution is 0.989. The van der Waals surface area contributed by atoms with E-state index in [0.717, 1.165) is 34.6 Å². The summed E-state index contributed by atoms with van der Waals surface area (Å²) in [7, 11) is 0. The van der Waals surface area contributed by atoms with Crippen LogP contribution in [0.1, 0.15) is 12.5 Å². The number of anilines is 3. The van der Waals surface area contributed by atoms with Gasteiger partial charge in [-0.2, -0.15) is 0 Å². The predicted molar refractivity (Wildman–Crippen MR) is 87.8 cm³/mol. The van der Waals surface area contributed by atoms with Gasteiger partial charge >= 0.3 is 0 Å². The number of nitrogen functional groups attached to an aromatic ring is 1. The van der Waals surface area contributed by atoms with Crippen molar-refractivity contribution in [3.05, 3.63) is 54.4 Å². The zero-order valence-electron chi connectivity index (χ0n) is 12.2. The molecule has 0 amide bonds. The second-order valence-electron chi connectivity index (χ2n) is 5.05. The van der Waals surface area contributed by atoms with E-state index in [2.05, 4.69) is 53.0 Å². The van der Waals surface area contributed by atoms with Gasteiger partial charge in [0.15, 0.2) is 0 Å². The van der Waals surface area contributed by atoms with Crippen molar-refractivity contribution in [2.75, 3.05) is 17.2 Å². The number of fused-ring (bicyclic) bond motifs is 1. The van der Waals surface area contributed by atoms with Gasteiger partial charge in [-0.15, -0.1) is 0 Å². The molecule has 0 bridgehead atoms. The third kappa shape index (κ3) is 2.52. The van der Waals surface area contributed by atoms with Crippen LogP contribution >= 0.6 is 0 Å². The minimum absolute atomic E-state index is 0.721. The first kappa shape index (κ1) is 13.4. The van der Waals surface area contributed by atoms with E-state index >= 15 is 0 Å². The van der Waals surface area contributed by atoms with E-state index in [4.69, 9.17) is 5.73 Å². The summed E-state index contributed by atoms with van der Waals surface area (Å²) >= 11 is 0. The summed E-state index contributed by atoms with van der Waals surface area (Å²) in [4.78, 5) is 11.0. The third-order valence-electron chi connectivity index (χ3n) is 3.56. The van der Waals surface area contributed by atoms with Gasteiger partial charge in [0.25, 0.3) is 0 Å². The Morgan fingerprint density at radius 3 is 2.52 bits per heavy atom. The Hall–Kier alpha value is -2.62. The van der Waals surface area contributed by atoms with Crippen LogP contribution in [0.3, 0.4) is 0 Å². The average Bonchev–Trinajstić information content (AvgIpc) is 2.50. The van der Waals surface area contributed by atoms with Gasteiger partial charge in [0.2, 0.25) is 0 Å². The van der Waals surface area contributed by atoms with Crippen molar-refractivity contribution >= 4 is 28.1 Å².